The molecule has 6 heteroatoms. The van der Waals surface area contributed by atoms with Crippen molar-refractivity contribution >= 4 is 11.8 Å². The van der Waals surface area contributed by atoms with Gasteiger partial charge in [-0.1, -0.05) is 96.8 Å². The first-order valence-corrected chi connectivity index (χ1v) is 12.7. The molecule has 0 aliphatic rings. The van der Waals surface area contributed by atoms with Gasteiger partial charge >= 0.3 is 0 Å². The quantitative estimate of drug-likeness (QED) is 0.239. The molecule has 6 nitrogen and oxygen atoms in total. The standard InChI is InChI=1S/C25H46N4O2/c1-3-4-5-6-7-8-9-10-11-12-13-14-15-16-17-18-24(30)29-23(25(31)26-2)19-22-20-27-21-28-22/h20-21,23H,3-19H2,1-2H3,(H,26,31)(H,27,28)(H,29,30). The predicted molar refractivity (Wildman–Crippen MR) is 128 cm³/mol. The van der Waals surface area contributed by atoms with Crippen LogP contribution in [0.25, 0.3) is 0 Å². The lowest BCUT2D eigenvalue weighted by atomic mass is 10.0. The van der Waals surface area contributed by atoms with E-state index < -0.39 is 6.04 Å². The highest BCUT2D eigenvalue weighted by atomic mass is 16.2. The van der Waals surface area contributed by atoms with Crippen LogP contribution in [0, 0.1) is 0 Å². The summed E-state index contributed by atoms with van der Waals surface area (Å²) in [7, 11) is 1.59. The van der Waals surface area contributed by atoms with Crippen molar-refractivity contribution in [3.8, 4) is 0 Å². The van der Waals surface area contributed by atoms with Crippen molar-refractivity contribution < 1.29 is 9.59 Å². The number of likely N-dealkylation sites (N-methyl/N-ethyl adjacent to an activating group) is 1. The van der Waals surface area contributed by atoms with Crippen LogP contribution in [0.1, 0.15) is 115 Å². The summed E-state index contributed by atoms with van der Waals surface area (Å²) in [6, 6.07) is -0.561. The third-order valence-corrected chi connectivity index (χ3v) is 5.88. The molecule has 178 valence electrons. The number of imidazole rings is 1. The largest absolute Gasteiger partial charge is 0.357 e. The summed E-state index contributed by atoms with van der Waals surface area (Å²) in [6.45, 7) is 2.27. The molecule has 1 heterocycles. The lowest BCUT2D eigenvalue weighted by Crippen LogP contribution is -2.47. The lowest BCUT2D eigenvalue weighted by Gasteiger charge is -2.16. The number of carbonyl (C=O) groups is 2. The van der Waals surface area contributed by atoms with Gasteiger partial charge in [0.05, 0.1) is 6.33 Å². The summed E-state index contributed by atoms with van der Waals surface area (Å²) in [5.41, 5.74) is 0.834. The molecule has 0 aliphatic carbocycles. The minimum Gasteiger partial charge on any atom is -0.357 e. The van der Waals surface area contributed by atoms with Gasteiger partial charge in [0.2, 0.25) is 11.8 Å². The molecular formula is C25H46N4O2. The Hall–Kier alpha value is -1.85. The van der Waals surface area contributed by atoms with Crippen LogP contribution >= 0.6 is 0 Å². The molecule has 1 atom stereocenters. The van der Waals surface area contributed by atoms with Crippen LogP contribution in [0.3, 0.4) is 0 Å². The SMILES string of the molecule is CCCCCCCCCCCCCCCCCC(=O)NC(Cc1cnc[nH]1)C(=O)NC. The fourth-order valence-corrected chi connectivity index (χ4v) is 3.92. The van der Waals surface area contributed by atoms with Crippen molar-refractivity contribution in [1.29, 1.82) is 0 Å². The molecular weight excluding hydrogens is 388 g/mol. The topological polar surface area (TPSA) is 86.9 Å². The molecule has 0 saturated heterocycles. The van der Waals surface area contributed by atoms with Crippen LogP contribution in [0.15, 0.2) is 12.5 Å². The van der Waals surface area contributed by atoms with Gasteiger partial charge in [-0.05, 0) is 6.42 Å². The number of aromatic amines is 1. The molecule has 31 heavy (non-hydrogen) atoms. The van der Waals surface area contributed by atoms with Crippen molar-refractivity contribution in [3.63, 3.8) is 0 Å². The molecule has 0 fully saturated rings. The molecule has 0 bridgehead atoms. The van der Waals surface area contributed by atoms with Gasteiger partial charge in [0, 0.05) is 31.8 Å². The second-order valence-electron chi connectivity index (χ2n) is 8.72. The summed E-state index contributed by atoms with van der Waals surface area (Å²) in [5, 5.41) is 5.47. The second kappa shape index (κ2) is 18.9. The number of rotatable bonds is 20. The van der Waals surface area contributed by atoms with Gasteiger partial charge in [0.15, 0.2) is 0 Å². The Bertz CT molecular complexity index is 560. The molecule has 1 rings (SSSR count). The van der Waals surface area contributed by atoms with Gasteiger partial charge in [-0.15, -0.1) is 0 Å². The molecule has 2 amide bonds. The van der Waals surface area contributed by atoms with Crippen molar-refractivity contribution in [2.45, 2.75) is 122 Å². The van der Waals surface area contributed by atoms with Crippen LogP contribution < -0.4 is 10.6 Å². The Morgan fingerprint density at radius 2 is 1.39 bits per heavy atom. The Morgan fingerprint density at radius 3 is 1.84 bits per heavy atom. The first-order valence-electron chi connectivity index (χ1n) is 12.7. The molecule has 1 aromatic heterocycles. The average Bonchev–Trinajstić information content (AvgIpc) is 3.28. The summed E-state index contributed by atoms with van der Waals surface area (Å²) in [6.07, 6.45) is 23.8. The van der Waals surface area contributed by atoms with E-state index in [1.54, 1.807) is 19.6 Å². The van der Waals surface area contributed by atoms with E-state index in [4.69, 9.17) is 0 Å². The van der Waals surface area contributed by atoms with Crippen molar-refractivity contribution in [1.82, 2.24) is 20.6 Å². The first kappa shape index (κ1) is 27.2. The smallest absolute Gasteiger partial charge is 0.242 e. The van der Waals surface area contributed by atoms with Gasteiger partial charge < -0.3 is 15.6 Å². The molecule has 3 N–H and O–H groups in total. The van der Waals surface area contributed by atoms with Crippen molar-refractivity contribution in [2.75, 3.05) is 7.05 Å². The predicted octanol–water partition coefficient (Wildman–Crippen LogP) is 5.44. The van der Waals surface area contributed by atoms with Crippen LogP contribution in [0.2, 0.25) is 0 Å². The monoisotopic (exact) mass is 434 g/mol. The number of H-pyrrole nitrogens is 1. The zero-order valence-corrected chi connectivity index (χ0v) is 20.0. The van der Waals surface area contributed by atoms with E-state index in [0.29, 0.717) is 12.8 Å². The van der Waals surface area contributed by atoms with E-state index in [2.05, 4.69) is 27.5 Å². The van der Waals surface area contributed by atoms with E-state index in [1.165, 1.54) is 83.5 Å². The van der Waals surface area contributed by atoms with E-state index in [9.17, 15) is 9.59 Å². The second-order valence-corrected chi connectivity index (χ2v) is 8.72. The number of aromatic nitrogens is 2. The highest BCUT2D eigenvalue weighted by Crippen LogP contribution is 2.13. The van der Waals surface area contributed by atoms with Crippen molar-refractivity contribution in [2.24, 2.45) is 0 Å². The third-order valence-electron chi connectivity index (χ3n) is 5.88. The Morgan fingerprint density at radius 1 is 0.871 bits per heavy atom. The molecule has 0 spiro atoms. The third kappa shape index (κ3) is 14.7. The zero-order chi connectivity index (χ0) is 22.6. The van der Waals surface area contributed by atoms with Gasteiger partial charge in [-0.25, -0.2) is 4.98 Å². The minimum atomic E-state index is -0.561. The van der Waals surface area contributed by atoms with Crippen LogP contribution in [0.4, 0.5) is 0 Å². The maximum Gasteiger partial charge on any atom is 0.242 e. The Labute approximate surface area is 189 Å². The fourth-order valence-electron chi connectivity index (χ4n) is 3.92. The minimum absolute atomic E-state index is 0.0530. The number of nitrogens with one attached hydrogen (secondary N) is 3. The Balaban J connectivity index is 1.96. The highest BCUT2D eigenvalue weighted by Gasteiger charge is 2.20. The number of hydrogen-bond donors (Lipinski definition) is 3. The number of nitrogens with zero attached hydrogens (tertiary/aromatic N) is 1. The molecule has 1 aromatic rings. The van der Waals surface area contributed by atoms with Crippen LogP contribution in [0.5, 0.6) is 0 Å². The highest BCUT2D eigenvalue weighted by molar-refractivity contribution is 5.87. The van der Waals surface area contributed by atoms with Gasteiger partial charge in [0.25, 0.3) is 0 Å². The summed E-state index contributed by atoms with van der Waals surface area (Å²) in [4.78, 5) is 31.2. The normalized spacial score (nSPS) is 11.9. The summed E-state index contributed by atoms with van der Waals surface area (Å²) >= 11 is 0. The molecule has 1 unspecified atom stereocenters. The van der Waals surface area contributed by atoms with E-state index in [-0.39, 0.29) is 11.8 Å². The Kier molecular flexibility index (Phi) is 16.6. The number of unbranched alkanes of at least 4 members (excludes halogenated alkanes) is 14. The van der Waals surface area contributed by atoms with E-state index >= 15 is 0 Å². The lowest BCUT2D eigenvalue weighted by molar-refractivity contribution is -0.128. The number of carbonyl (C=O) groups excluding carboxylic acids is 2. The van der Waals surface area contributed by atoms with Gasteiger partial charge in [-0.2, -0.15) is 0 Å². The fraction of sp³-hybridized carbons (Fsp3) is 0.800. The average molecular weight is 435 g/mol. The van der Waals surface area contributed by atoms with Crippen LogP contribution in [-0.4, -0.2) is 34.9 Å². The molecule has 0 saturated carbocycles. The van der Waals surface area contributed by atoms with Crippen molar-refractivity contribution in [3.05, 3.63) is 18.2 Å². The van der Waals surface area contributed by atoms with Gasteiger partial charge in [-0.3, -0.25) is 9.59 Å². The first-order chi connectivity index (χ1) is 15.2. The van der Waals surface area contributed by atoms with E-state index in [1.807, 2.05) is 0 Å². The van der Waals surface area contributed by atoms with Crippen LogP contribution in [-0.2, 0) is 16.0 Å². The molecule has 0 radical (unpaired) electrons. The molecule has 0 aromatic carbocycles. The summed E-state index contributed by atoms with van der Waals surface area (Å²) in [5.74, 6) is -0.234. The van der Waals surface area contributed by atoms with E-state index in [0.717, 1.165) is 18.5 Å². The zero-order valence-electron chi connectivity index (χ0n) is 20.0. The molecule has 0 aliphatic heterocycles. The maximum absolute atomic E-state index is 12.2. The summed E-state index contributed by atoms with van der Waals surface area (Å²) < 4.78 is 0. The number of amides is 2. The van der Waals surface area contributed by atoms with Gasteiger partial charge in [0.1, 0.15) is 6.04 Å². The number of hydrogen-bond acceptors (Lipinski definition) is 3. The maximum atomic E-state index is 12.2.